The molecule has 16 heavy (non-hydrogen) atoms. The van der Waals surface area contributed by atoms with Gasteiger partial charge in [-0.2, -0.15) is 0 Å². The molecule has 0 amide bonds. The molecule has 92 valence electrons. The molecule has 0 atom stereocenters. The first-order valence-electron chi connectivity index (χ1n) is 5.67. The Bertz CT molecular complexity index is 373. The van der Waals surface area contributed by atoms with Gasteiger partial charge in [0, 0.05) is 26.1 Å². The lowest BCUT2D eigenvalue weighted by atomic mass is 10.0. The van der Waals surface area contributed by atoms with E-state index >= 15 is 0 Å². The summed E-state index contributed by atoms with van der Waals surface area (Å²) in [7, 11) is -2.78. The van der Waals surface area contributed by atoms with Crippen molar-refractivity contribution in [3.8, 4) is 0 Å². The van der Waals surface area contributed by atoms with E-state index in [-0.39, 0.29) is 22.8 Å². The highest BCUT2D eigenvalue weighted by molar-refractivity contribution is 7.91. The van der Waals surface area contributed by atoms with Crippen LogP contribution in [-0.2, 0) is 9.84 Å². The van der Waals surface area contributed by atoms with Crippen molar-refractivity contribution in [3.05, 3.63) is 0 Å². The van der Waals surface area contributed by atoms with E-state index in [0.717, 1.165) is 19.4 Å². The van der Waals surface area contributed by atoms with Crippen LogP contribution in [0.1, 0.15) is 19.3 Å². The maximum atomic E-state index is 11.3. The molecular formula is C10H19N3O2S. The predicted octanol–water partition coefficient (Wildman–Crippen LogP) is -0.177. The van der Waals surface area contributed by atoms with Gasteiger partial charge in [-0.25, -0.2) is 8.42 Å². The zero-order valence-electron chi connectivity index (χ0n) is 9.41. The molecule has 0 aromatic heterocycles. The van der Waals surface area contributed by atoms with Crippen molar-refractivity contribution < 1.29 is 8.42 Å². The van der Waals surface area contributed by atoms with Crippen LogP contribution in [-0.4, -0.2) is 50.3 Å². The fraction of sp³-hybridized carbons (Fsp3) is 0.900. The zero-order chi connectivity index (χ0) is 11.8. The topological polar surface area (TPSA) is 87.2 Å². The molecule has 6 heteroatoms. The van der Waals surface area contributed by atoms with Crippen molar-refractivity contribution in [2.24, 2.45) is 11.1 Å². The van der Waals surface area contributed by atoms with Gasteiger partial charge in [0.1, 0.15) is 0 Å². The van der Waals surface area contributed by atoms with Gasteiger partial charge in [-0.15, -0.1) is 0 Å². The summed E-state index contributed by atoms with van der Waals surface area (Å²) in [6, 6.07) is 0. The van der Waals surface area contributed by atoms with Crippen molar-refractivity contribution in [3.63, 3.8) is 0 Å². The molecule has 5 nitrogen and oxygen atoms in total. The second kappa shape index (κ2) is 4.00. The minimum Gasteiger partial charge on any atom is -0.388 e. The summed E-state index contributed by atoms with van der Waals surface area (Å²) in [5.74, 6) is 0.814. The maximum Gasteiger partial charge on any atom is 0.152 e. The van der Waals surface area contributed by atoms with Crippen LogP contribution in [0.25, 0.3) is 0 Å². The van der Waals surface area contributed by atoms with E-state index in [1.54, 1.807) is 0 Å². The van der Waals surface area contributed by atoms with Crippen LogP contribution in [0, 0.1) is 10.8 Å². The Labute approximate surface area is 96.4 Å². The van der Waals surface area contributed by atoms with Gasteiger partial charge in [0.15, 0.2) is 9.84 Å². The molecule has 2 rings (SSSR count). The summed E-state index contributed by atoms with van der Waals surface area (Å²) in [4.78, 5) is 2.21. The average Bonchev–Trinajstić information content (AvgIpc) is 2.88. The smallest absolute Gasteiger partial charge is 0.152 e. The van der Waals surface area contributed by atoms with Gasteiger partial charge >= 0.3 is 0 Å². The number of nitrogens with two attached hydrogens (primary N) is 1. The van der Waals surface area contributed by atoms with E-state index < -0.39 is 9.84 Å². The number of rotatable bonds is 4. The summed E-state index contributed by atoms with van der Waals surface area (Å²) in [5, 5.41) is 7.33. The van der Waals surface area contributed by atoms with Crippen molar-refractivity contribution in [2.45, 2.75) is 19.3 Å². The van der Waals surface area contributed by atoms with Gasteiger partial charge in [0.25, 0.3) is 0 Å². The fourth-order valence-corrected chi connectivity index (χ4v) is 3.63. The predicted molar refractivity (Wildman–Crippen MR) is 63.3 cm³/mol. The number of sulfone groups is 1. The van der Waals surface area contributed by atoms with Crippen molar-refractivity contribution in [1.29, 1.82) is 5.41 Å². The molecule has 1 heterocycles. The minimum atomic E-state index is -2.78. The van der Waals surface area contributed by atoms with E-state index in [0.29, 0.717) is 19.5 Å². The van der Waals surface area contributed by atoms with Gasteiger partial charge in [-0.3, -0.25) is 5.41 Å². The number of amidine groups is 1. The molecule has 1 aliphatic heterocycles. The molecule has 0 spiro atoms. The van der Waals surface area contributed by atoms with Gasteiger partial charge in [-0.05, 0) is 18.3 Å². The van der Waals surface area contributed by atoms with E-state index in [4.69, 9.17) is 11.1 Å². The van der Waals surface area contributed by atoms with Gasteiger partial charge in [0.2, 0.25) is 0 Å². The van der Waals surface area contributed by atoms with E-state index in [1.807, 2.05) is 0 Å². The Kier molecular flexibility index (Phi) is 2.96. The molecule has 2 aliphatic rings. The summed E-state index contributed by atoms with van der Waals surface area (Å²) < 4.78 is 22.5. The van der Waals surface area contributed by atoms with Gasteiger partial charge in [0.05, 0.1) is 17.3 Å². The maximum absolute atomic E-state index is 11.3. The molecule has 0 aromatic carbocycles. The second-order valence-corrected chi connectivity index (χ2v) is 7.43. The Morgan fingerprint density at radius 2 is 1.88 bits per heavy atom. The van der Waals surface area contributed by atoms with E-state index in [9.17, 15) is 8.42 Å². The van der Waals surface area contributed by atoms with Gasteiger partial charge in [-0.1, -0.05) is 0 Å². The Balaban J connectivity index is 1.85. The largest absolute Gasteiger partial charge is 0.388 e. The number of nitrogens with one attached hydrogen (secondary N) is 1. The first kappa shape index (κ1) is 11.9. The molecule has 0 aromatic rings. The molecule has 2 fully saturated rings. The molecule has 0 unspecified atom stereocenters. The van der Waals surface area contributed by atoms with E-state index in [1.165, 1.54) is 0 Å². The standard InChI is InChI=1S/C10H19N3O2S/c11-9(12)7-10(1-2-10)8-13-3-5-16(14,15)6-4-13/h1-8H2,(H3,11,12). The third-order valence-electron chi connectivity index (χ3n) is 3.52. The molecule has 0 bridgehead atoms. The lowest BCUT2D eigenvalue weighted by molar-refractivity contribution is 0.238. The summed E-state index contributed by atoms with van der Waals surface area (Å²) in [6.07, 6.45) is 2.90. The molecule has 1 aliphatic carbocycles. The SMILES string of the molecule is N=C(N)CC1(CN2CCS(=O)(=O)CC2)CC1. The molecule has 0 radical (unpaired) electrons. The van der Waals surface area contributed by atoms with Gasteiger partial charge < -0.3 is 10.6 Å². The lowest BCUT2D eigenvalue weighted by Crippen LogP contribution is -2.43. The van der Waals surface area contributed by atoms with Crippen LogP contribution in [0.4, 0.5) is 0 Å². The summed E-state index contributed by atoms with van der Waals surface area (Å²) >= 11 is 0. The normalized spacial score (nSPS) is 27.5. The molecule has 1 saturated carbocycles. The number of nitrogens with zero attached hydrogens (tertiary/aromatic N) is 1. The monoisotopic (exact) mass is 245 g/mol. The third kappa shape index (κ3) is 2.95. The number of hydrogen-bond acceptors (Lipinski definition) is 4. The highest BCUT2D eigenvalue weighted by Crippen LogP contribution is 2.49. The lowest BCUT2D eigenvalue weighted by Gasteiger charge is -2.30. The Hall–Kier alpha value is -0.620. The number of hydrogen-bond donors (Lipinski definition) is 2. The highest BCUT2D eigenvalue weighted by Gasteiger charge is 2.44. The highest BCUT2D eigenvalue weighted by atomic mass is 32.2. The second-order valence-electron chi connectivity index (χ2n) is 5.13. The summed E-state index contributed by atoms with van der Waals surface area (Å²) in [5.41, 5.74) is 5.62. The molecule has 3 N–H and O–H groups in total. The van der Waals surface area contributed by atoms with Crippen LogP contribution >= 0.6 is 0 Å². The van der Waals surface area contributed by atoms with Crippen LogP contribution in [0.5, 0.6) is 0 Å². The fourth-order valence-electron chi connectivity index (χ4n) is 2.35. The Morgan fingerprint density at radius 1 is 1.31 bits per heavy atom. The van der Waals surface area contributed by atoms with Crippen molar-refractivity contribution in [1.82, 2.24) is 4.90 Å². The van der Waals surface area contributed by atoms with E-state index in [2.05, 4.69) is 4.90 Å². The van der Waals surface area contributed by atoms with Crippen LogP contribution in [0.3, 0.4) is 0 Å². The minimum absolute atomic E-state index is 0.187. The van der Waals surface area contributed by atoms with Crippen molar-refractivity contribution >= 4 is 15.7 Å². The quantitative estimate of drug-likeness (QED) is 0.531. The van der Waals surface area contributed by atoms with Crippen molar-refractivity contribution in [2.75, 3.05) is 31.1 Å². The molecule has 1 saturated heterocycles. The van der Waals surface area contributed by atoms with Crippen LogP contribution in [0.2, 0.25) is 0 Å². The Morgan fingerprint density at radius 3 is 2.31 bits per heavy atom. The first-order valence-corrected chi connectivity index (χ1v) is 7.49. The van der Waals surface area contributed by atoms with Crippen LogP contribution < -0.4 is 5.73 Å². The first-order chi connectivity index (χ1) is 7.41. The van der Waals surface area contributed by atoms with Crippen LogP contribution in [0.15, 0.2) is 0 Å². The summed E-state index contributed by atoms with van der Waals surface area (Å²) in [6.45, 7) is 2.19. The molecular weight excluding hydrogens is 226 g/mol. The third-order valence-corrected chi connectivity index (χ3v) is 5.13. The zero-order valence-corrected chi connectivity index (χ0v) is 10.2. The average molecular weight is 245 g/mol.